The third-order valence-electron chi connectivity index (χ3n) is 5.04. The Labute approximate surface area is 158 Å². The van der Waals surface area contributed by atoms with Crippen LogP contribution in [-0.2, 0) is 0 Å². The zero-order chi connectivity index (χ0) is 18.8. The molecule has 4 rings (SSSR count). The fraction of sp³-hybridized carbons (Fsp3) is 0.273. The lowest BCUT2D eigenvalue weighted by Crippen LogP contribution is -2.30. The minimum Gasteiger partial charge on any atom is -0.497 e. The molecule has 1 fully saturated rings. The Morgan fingerprint density at radius 3 is 2.74 bits per heavy atom. The normalized spacial score (nSPS) is 16.5. The van der Waals surface area contributed by atoms with Crippen molar-refractivity contribution in [3.05, 3.63) is 71.4 Å². The molecule has 1 amide bonds. The number of likely N-dealkylation sites (tertiary alicyclic amines) is 1. The molecule has 1 aliphatic rings. The van der Waals surface area contributed by atoms with Crippen molar-refractivity contribution < 1.29 is 14.1 Å². The highest BCUT2D eigenvalue weighted by Gasteiger charge is 2.32. The smallest absolute Gasteiger partial charge is 0.276 e. The topological polar surface area (TPSA) is 55.6 Å². The van der Waals surface area contributed by atoms with E-state index in [9.17, 15) is 4.79 Å². The molecular weight excluding hydrogens is 340 g/mol. The van der Waals surface area contributed by atoms with Crippen LogP contribution in [0.5, 0.6) is 5.75 Å². The second-order valence-electron chi connectivity index (χ2n) is 6.88. The van der Waals surface area contributed by atoms with Crippen LogP contribution in [-0.4, -0.2) is 29.6 Å². The third-order valence-corrected chi connectivity index (χ3v) is 5.04. The second kappa shape index (κ2) is 7.27. The van der Waals surface area contributed by atoms with Gasteiger partial charge in [0.05, 0.1) is 13.2 Å². The predicted molar refractivity (Wildman–Crippen MR) is 103 cm³/mol. The van der Waals surface area contributed by atoms with Crippen molar-refractivity contribution in [2.75, 3.05) is 13.7 Å². The number of benzene rings is 2. The van der Waals surface area contributed by atoms with Gasteiger partial charge in [-0.05, 0) is 49.6 Å². The van der Waals surface area contributed by atoms with Crippen molar-refractivity contribution in [1.29, 1.82) is 0 Å². The van der Waals surface area contributed by atoms with Crippen LogP contribution in [0.2, 0.25) is 0 Å². The van der Waals surface area contributed by atoms with Crippen LogP contribution in [0.4, 0.5) is 0 Å². The summed E-state index contributed by atoms with van der Waals surface area (Å²) in [5, 5.41) is 4.03. The van der Waals surface area contributed by atoms with E-state index < -0.39 is 0 Å². The van der Waals surface area contributed by atoms with Crippen LogP contribution in [0.15, 0.2) is 59.1 Å². The largest absolute Gasteiger partial charge is 0.497 e. The summed E-state index contributed by atoms with van der Waals surface area (Å²) in [6.07, 6.45) is 1.96. The molecule has 0 bridgehead atoms. The minimum atomic E-state index is -0.0810. The number of aromatic nitrogens is 1. The molecule has 2 heterocycles. The number of hydrogen-bond donors (Lipinski definition) is 0. The Bertz CT molecular complexity index is 946. The highest BCUT2D eigenvalue weighted by molar-refractivity contribution is 5.93. The van der Waals surface area contributed by atoms with Gasteiger partial charge in [-0.3, -0.25) is 4.79 Å². The van der Waals surface area contributed by atoms with Gasteiger partial charge >= 0.3 is 0 Å². The lowest BCUT2D eigenvalue weighted by Gasteiger charge is -2.24. The van der Waals surface area contributed by atoms with E-state index in [2.05, 4.69) is 30.3 Å². The molecule has 1 aliphatic heterocycles. The number of carbonyl (C=O) groups is 1. The Hall–Kier alpha value is -3.08. The summed E-state index contributed by atoms with van der Waals surface area (Å²) in [5.74, 6) is 1.27. The first-order chi connectivity index (χ1) is 13.2. The molecular formula is C22H22N2O3. The summed E-state index contributed by atoms with van der Waals surface area (Å²) >= 11 is 0. The average Bonchev–Trinajstić information content (AvgIpc) is 3.37. The molecule has 138 valence electrons. The molecule has 0 radical (unpaired) electrons. The molecule has 0 spiro atoms. The number of nitrogens with zero attached hydrogens (tertiary/aromatic N) is 2. The first kappa shape index (κ1) is 17.3. The summed E-state index contributed by atoms with van der Waals surface area (Å²) in [6.45, 7) is 2.81. The number of carbonyl (C=O) groups excluding carboxylic acids is 1. The highest BCUT2D eigenvalue weighted by Crippen LogP contribution is 2.34. The van der Waals surface area contributed by atoms with E-state index in [1.807, 2.05) is 35.2 Å². The van der Waals surface area contributed by atoms with Crippen molar-refractivity contribution in [3.8, 4) is 17.1 Å². The number of hydrogen-bond acceptors (Lipinski definition) is 4. The van der Waals surface area contributed by atoms with Crippen LogP contribution < -0.4 is 4.74 Å². The Balaban J connectivity index is 1.56. The predicted octanol–water partition coefficient (Wildman–Crippen LogP) is 4.64. The first-order valence-electron chi connectivity index (χ1n) is 9.14. The molecule has 5 heteroatoms. The van der Waals surface area contributed by atoms with E-state index in [-0.39, 0.29) is 11.9 Å². The van der Waals surface area contributed by atoms with Crippen molar-refractivity contribution in [3.63, 3.8) is 0 Å². The fourth-order valence-electron chi connectivity index (χ4n) is 3.65. The van der Waals surface area contributed by atoms with E-state index in [1.165, 1.54) is 11.1 Å². The molecule has 5 nitrogen and oxygen atoms in total. The van der Waals surface area contributed by atoms with Gasteiger partial charge in [-0.1, -0.05) is 35.0 Å². The van der Waals surface area contributed by atoms with E-state index in [0.717, 1.165) is 30.7 Å². The summed E-state index contributed by atoms with van der Waals surface area (Å²) in [5.41, 5.74) is 3.59. The number of aryl methyl sites for hydroxylation is 1. The van der Waals surface area contributed by atoms with E-state index in [0.29, 0.717) is 11.5 Å². The summed E-state index contributed by atoms with van der Waals surface area (Å²) < 4.78 is 10.6. The van der Waals surface area contributed by atoms with Gasteiger partial charge in [0.1, 0.15) is 5.75 Å². The molecule has 2 aromatic carbocycles. The number of rotatable bonds is 4. The van der Waals surface area contributed by atoms with Crippen LogP contribution in [0, 0.1) is 6.92 Å². The number of methoxy groups -OCH3 is 1. The maximum atomic E-state index is 13.0. The van der Waals surface area contributed by atoms with Gasteiger partial charge in [0.15, 0.2) is 11.5 Å². The molecule has 1 saturated heterocycles. The molecule has 1 aromatic heterocycles. The van der Waals surface area contributed by atoms with Gasteiger partial charge in [-0.2, -0.15) is 0 Å². The van der Waals surface area contributed by atoms with Gasteiger partial charge in [0.2, 0.25) is 0 Å². The monoisotopic (exact) mass is 362 g/mol. The molecule has 0 saturated carbocycles. The van der Waals surface area contributed by atoms with Crippen molar-refractivity contribution >= 4 is 5.91 Å². The maximum Gasteiger partial charge on any atom is 0.276 e. The first-order valence-corrected chi connectivity index (χ1v) is 9.14. The summed E-state index contributed by atoms with van der Waals surface area (Å²) in [7, 11) is 1.63. The molecule has 27 heavy (non-hydrogen) atoms. The summed E-state index contributed by atoms with van der Waals surface area (Å²) in [4.78, 5) is 15.0. The molecule has 1 atom stereocenters. The zero-order valence-corrected chi connectivity index (χ0v) is 15.5. The standard InChI is InChI=1S/C22H22N2O3/c1-15-5-3-6-17(13-15)20-7-4-12-24(20)22(25)19-14-21(27-23-19)16-8-10-18(26-2)11-9-16/h3,5-6,8-11,13-14,20H,4,7,12H2,1-2H3/t20-/m0/s1. The SMILES string of the molecule is COc1ccc(-c2cc(C(=O)N3CCC[C@H]3c3cccc(C)c3)no2)cc1. The van der Waals surface area contributed by atoms with Crippen LogP contribution in [0.1, 0.15) is 40.5 Å². The maximum absolute atomic E-state index is 13.0. The Morgan fingerprint density at radius 1 is 1.19 bits per heavy atom. The average molecular weight is 362 g/mol. The van der Waals surface area contributed by atoms with Crippen LogP contribution in [0.3, 0.4) is 0 Å². The Morgan fingerprint density at radius 2 is 2.00 bits per heavy atom. The van der Waals surface area contributed by atoms with E-state index in [1.54, 1.807) is 13.2 Å². The van der Waals surface area contributed by atoms with Gasteiger partial charge in [0, 0.05) is 18.2 Å². The van der Waals surface area contributed by atoms with Crippen LogP contribution >= 0.6 is 0 Å². The lowest BCUT2D eigenvalue weighted by molar-refractivity contribution is 0.0725. The summed E-state index contributed by atoms with van der Waals surface area (Å²) in [6, 6.07) is 17.7. The van der Waals surface area contributed by atoms with Gasteiger partial charge < -0.3 is 14.2 Å². The molecule has 0 aliphatic carbocycles. The minimum absolute atomic E-state index is 0.0810. The second-order valence-corrected chi connectivity index (χ2v) is 6.88. The number of amides is 1. The third kappa shape index (κ3) is 3.45. The lowest BCUT2D eigenvalue weighted by atomic mass is 10.0. The zero-order valence-electron chi connectivity index (χ0n) is 15.5. The van der Waals surface area contributed by atoms with Gasteiger partial charge in [-0.25, -0.2) is 0 Å². The highest BCUT2D eigenvalue weighted by atomic mass is 16.5. The van der Waals surface area contributed by atoms with Crippen LogP contribution in [0.25, 0.3) is 11.3 Å². The van der Waals surface area contributed by atoms with Crippen molar-refractivity contribution in [1.82, 2.24) is 10.1 Å². The van der Waals surface area contributed by atoms with Crippen molar-refractivity contribution in [2.24, 2.45) is 0 Å². The van der Waals surface area contributed by atoms with E-state index >= 15 is 0 Å². The molecule has 0 unspecified atom stereocenters. The quantitative estimate of drug-likeness (QED) is 0.679. The number of ether oxygens (including phenoxy) is 1. The fourth-order valence-corrected chi connectivity index (χ4v) is 3.65. The van der Waals surface area contributed by atoms with Crippen molar-refractivity contribution in [2.45, 2.75) is 25.8 Å². The van der Waals surface area contributed by atoms with E-state index in [4.69, 9.17) is 9.26 Å². The molecule has 3 aromatic rings. The van der Waals surface area contributed by atoms with Gasteiger partial charge in [-0.15, -0.1) is 0 Å². The molecule has 0 N–H and O–H groups in total. The van der Waals surface area contributed by atoms with Gasteiger partial charge in [0.25, 0.3) is 5.91 Å². The Kier molecular flexibility index (Phi) is 4.67.